The number of aliphatic carboxylic acids is 1. The van der Waals surface area contributed by atoms with Gasteiger partial charge in [-0.25, -0.2) is 0 Å². The smallest absolute Gasteiger partial charge is 0.325 e. The van der Waals surface area contributed by atoms with E-state index in [1.54, 1.807) is 12.1 Å². The summed E-state index contributed by atoms with van der Waals surface area (Å²) < 4.78 is 1.47. The monoisotopic (exact) mass is 238 g/mol. The van der Waals surface area contributed by atoms with Crippen molar-refractivity contribution in [3.05, 3.63) is 28.9 Å². The Kier molecular flexibility index (Phi) is 2.83. The Hall–Kier alpha value is -1.55. The summed E-state index contributed by atoms with van der Waals surface area (Å²) in [6, 6.07) is 5.41. The Balaban J connectivity index is 2.68. The van der Waals surface area contributed by atoms with Crippen LogP contribution in [0.2, 0.25) is 5.02 Å². The number of nitrogens with zero attached hydrogens (tertiary/aromatic N) is 2. The van der Waals surface area contributed by atoms with Crippen LogP contribution < -0.4 is 0 Å². The van der Waals surface area contributed by atoms with Gasteiger partial charge in [0, 0.05) is 5.39 Å². The van der Waals surface area contributed by atoms with Gasteiger partial charge in [0.25, 0.3) is 0 Å². The molecule has 0 aliphatic heterocycles. The predicted octanol–water partition coefficient (Wildman–Crippen LogP) is 2.34. The Bertz CT molecular complexity index is 548. The fourth-order valence-electron chi connectivity index (χ4n) is 1.76. The highest BCUT2D eigenvalue weighted by Crippen LogP contribution is 2.26. The molecule has 0 aliphatic carbocycles. The SMILES string of the molecule is CCc1nn(CC(=O)O)c2cccc(Cl)c12. The van der Waals surface area contributed by atoms with Gasteiger partial charge in [0.15, 0.2) is 0 Å². The molecule has 1 heterocycles. The van der Waals surface area contributed by atoms with Crippen molar-refractivity contribution in [2.45, 2.75) is 19.9 Å². The number of hydrogen-bond donors (Lipinski definition) is 1. The lowest BCUT2D eigenvalue weighted by Gasteiger charge is -1.98. The Morgan fingerprint density at radius 3 is 2.94 bits per heavy atom. The molecule has 0 fully saturated rings. The minimum absolute atomic E-state index is 0.142. The summed E-state index contributed by atoms with van der Waals surface area (Å²) in [6.07, 6.45) is 0.729. The third-order valence-electron chi connectivity index (χ3n) is 2.42. The van der Waals surface area contributed by atoms with Crippen LogP contribution in [0.3, 0.4) is 0 Å². The summed E-state index contributed by atoms with van der Waals surface area (Å²) in [7, 11) is 0. The number of aromatic nitrogens is 2. The molecule has 1 aromatic carbocycles. The molecule has 2 aromatic rings. The van der Waals surface area contributed by atoms with Gasteiger partial charge in [0.1, 0.15) is 6.54 Å². The fourth-order valence-corrected chi connectivity index (χ4v) is 2.04. The Morgan fingerprint density at radius 2 is 2.31 bits per heavy atom. The van der Waals surface area contributed by atoms with E-state index in [0.717, 1.165) is 23.0 Å². The van der Waals surface area contributed by atoms with Crippen molar-refractivity contribution in [2.75, 3.05) is 0 Å². The quantitative estimate of drug-likeness (QED) is 0.893. The van der Waals surface area contributed by atoms with Gasteiger partial charge in [-0.15, -0.1) is 0 Å². The summed E-state index contributed by atoms with van der Waals surface area (Å²) in [5, 5.41) is 14.5. The van der Waals surface area contributed by atoms with Gasteiger partial charge < -0.3 is 5.11 Å². The van der Waals surface area contributed by atoms with Gasteiger partial charge in [-0.2, -0.15) is 5.10 Å². The van der Waals surface area contributed by atoms with Crippen molar-refractivity contribution in [3.63, 3.8) is 0 Å². The van der Waals surface area contributed by atoms with E-state index in [2.05, 4.69) is 5.10 Å². The number of halogens is 1. The molecule has 5 heteroatoms. The minimum atomic E-state index is -0.910. The average Bonchev–Trinajstić information content (AvgIpc) is 2.57. The number of benzene rings is 1. The van der Waals surface area contributed by atoms with Crippen molar-refractivity contribution in [3.8, 4) is 0 Å². The zero-order valence-corrected chi connectivity index (χ0v) is 9.53. The molecule has 1 aromatic heterocycles. The van der Waals surface area contributed by atoms with Crippen LogP contribution in [-0.2, 0) is 17.8 Å². The highest BCUT2D eigenvalue weighted by molar-refractivity contribution is 6.35. The van der Waals surface area contributed by atoms with Crippen molar-refractivity contribution in [1.82, 2.24) is 9.78 Å². The maximum atomic E-state index is 10.7. The molecule has 0 saturated heterocycles. The van der Waals surface area contributed by atoms with E-state index >= 15 is 0 Å². The minimum Gasteiger partial charge on any atom is -0.480 e. The van der Waals surface area contributed by atoms with Crippen molar-refractivity contribution < 1.29 is 9.90 Å². The van der Waals surface area contributed by atoms with E-state index in [-0.39, 0.29) is 6.54 Å². The van der Waals surface area contributed by atoms with Crippen LogP contribution in [0, 0.1) is 0 Å². The molecule has 0 amide bonds. The molecule has 84 valence electrons. The van der Waals surface area contributed by atoms with Crippen LogP contribution in [0.4, 0.5) is 0 Å². The second-order valence-electron chi connectivity index (χ2n) is 3.49. The van der Waals surface area contributed by atoms with Crippen molar-refractivity contribution in [1.29, 1.82) is 0 Å². The lowest BCUT2D eigenvalue weighted by atomic mass is 10.2. The molecule has 1 N–H and O–H groups in total. The molecule has 4 nitrogen and oxygen atoms in total. The molecular formula is C11H11ClN2O2. The van der Waals surface area contributed by atoms with Crippen molar-refractivity contribution in [2.24, 2.45) is 0 Å². The van der Waals surface area contributed by atoms with Crippen LogP contribution in [0.5, 0.6) is 0 Å². The molecule has 2 rings (SSSR count). The molecular weight excluding hydrogens is 228 g/mol. The number of fused-ring (bicyclic) bond motifs is 1. The molecule has 0 radical (unpaired) electrons. The van der Waals surface area contributed by atoms with Gasteiger partial charge in [-0.05, 0) is 18.6 Å². The topological polar surface area (TPSA) is 55.1 Å². The molecule has 0 aliphatic rings. The first-order chi connectivity index (χ1) is 7.63. The third kappa shape index (κ3) is 1.76. The summed E-state index contributed by atoms with van der Waals surface area (Å²) in [4.78, 5) is 10.7. The van der Waals surface area contributed by atoms with Crippen LogP contribution in [-0.4, -0.2) is 20.9 Å². The third-order valence-corrected chi connectivity index (χ3v) is 2.73. The number of carboxylic acids is 1. The highest BCUT2D eigenvalue weighted by Gasteiger charge is 2.13. The van der Waals surface area contributed by atoms with Crippen LogP contribution in [0.15, 0.2) is 18.2 Å². The first-order valence-corrected chi connectivity index (χ1v) is 5.37. The first kappa shape index (κ1) is 11.0. The average molecular weight is 239 g/mol. The number of carboxylic acid groups (broad SMARTS) is 1. The van der Waals surface area contributed by atoms with Crippen LogP contribution in [0.1, 0.15) is 12.6 Å². The van der Waals surface area contributed by atoms with Crippen LogP contribution >= 0.6 is 11.6 Å². The molecule has 16 heavy (non-hydrogen) atoms. The number of hydrogen-bond acceptors (Lipinski definition) is 2. The van der Waals surface area contributed by atoms with E-state index in [1.165, 1.54) is 4.68 Å². The van der Waals surface area contributed by atoms with E-state index < -0.39 is 5.97 Å². The maximum absolute atomic E-state index is 10.7. The van der Waals surface area contributed by atoms with Crippen LogP contribution in [0.25, 0.3) is 10.9 Å². The van der Waals surface area contributed by atoms with Gasteiger partial charge in [-0.3, -0.25) is 9.48 Å². The van der Waals surface area contributed by atoms with E-state index in [9.17, 15) is 4.79 Å². The zero-order chi connectivity index (χ0) is 11.7. The highest BCUT2D eigenvalue weighted by atomic mass is 35.5. The molecule has 0 bridgehead atoms. The zero-order valence-electron chi connectivity index (χ0n) is 8.77. The summed E-state index contributed by atoms with van der Waals surface area (Å²) in [5.74, 6) is -0.910. The Morgan fingerprint density at radius 1 is 1.56 bits per heavy atom. The second kappa shape index (κ2) is 4.14. The van der Waals surface area contributed by atoms with Gasteiger partial charge in [0.2, 0.25) is 0 Å². The second-order valence-corrected chi connectivity index (χ2v) is 3.89. The molecule has 0 saturated carbocycles. The van der Waals surface area contributed by atoms with E-state index in [0.29, 0.717) is 5.02 Å². The molecule has 0 unspecified atom stereocenters. The lowest BCUT2D eigenvalue weighted by molar-refractivity contribution is -0.137. The van der Waals surface area contributed by atoms with E-state index in [4.69, 9.17) is 16.7 Å². The first-order valence-electron chi connectivity index (χ1n) is 4.99. The molecule has 0 spiro atoms. The summed E-state index contributed by atoms with van der Waals surface area (Å²) in [6.45, 7) is 1.83. The maximum Gasteiger partial charge on any atom is 0.325 e. The van der Waals surface area contributed by atoms with Gasteiger partial charge >= 0.3 is 5.97 Å². The number of carbonyl (C=O) groups is 1. The predicted molar refractivity (Wildman–Crippen MR) is 61.8 cm³/mol. The fraction of sp³-hybridized carbons (Fsp3) is 0.273. The van der Waals surface area contributed by atoms with Gasteiger partial charge in [-0.1, -0.05) is 24.6 Å². The number of rotatable bonds is 3. The molecule has 0 atom stereocenters. The summed E-state index contributed by atoms with van der Waals surface area (Å²) in [5.41, 5.74) is 1.61. The summed E-state index contributed by atoms with van der Waals surface area (Å²) >= 11 is 6.09. The van der Waals surface area contributed by atoms with Gasteiger partial charge in [0.05, 0.1) is 16.2 Å². The standard InChI is InChI=1S/C11H11ClN2O2/c1-2-8-11-7(12)4-3-5-9(11)14(13-8)6-10(15)16/h3-5H,2,6H2,1H3,(H,15,16). The van der Waals surface area contributed by atoms with E-state index in [1.807, 2.05) is 13.0 Å². The van der Waals surface area contributed by atoms with Crippen molar-refractivity contribution >= 4 is 28.5 Å². The Labute approximate surface area is 97.4 Å². The largest absolute Gasteiger partial charge is 0.480 e. The normalized spacial score (nSPS) is 10.9. The lowest BCUT2D eigenvalue weighted by Crippen LogP contribution is -2.10. The number of aryl methyl sites for hydroxylation is 1.